The van der Waals surface area contributed by atoms with Crippen molar-refractivity contribution in [3.8, 4) is 5.75 Å². The summed E-state index contributed by atoms with van der Waals surface area (Å²) in [4.78, 5) is 12.4. The monoisotopic (exact) mass is 389 g/mol. The van der Waals surface area contributed by atoms with Crippen LogP contribution in [0.1, 0.15) is 29.7 Å². The number of hydrogen-bond donors (Lipinski definition) is 1. The lowest BCUT2D eigenvalue weighted by atomic mass is 10.2. The van der Waals surface area contributed by atoms with Crippen LogP contribution >= 0.6 is 11.6 Å². The maximum Gasteiger partial charge on any atom is 0.248 e. The van der Waals surface area contributed by atoms with Crippen molar-refractivity contribution in [1.82, 2.24) is 9.78 Å². The van der Waals surface area contributed by atoms with Gasteiger partial charge in [0.15, 0.2) is 0 Å². The molecule has 0 aliphatic carbocycles. The molecule has 0 bridgehead atoms. The number of anilines is 1. The number of rotatable bonds is 6. The summed E-state index contributed by atoms with van der Waals surface area (Å²) in [5, 5.41) is 7.59. The van der Waals surface area contributed by atoms with E-state index in [0.717, 1.165) is 36.3 Å². The summed E-state index contributed by atoms with van der Waals surface area (Å²) in [5.41, 5.74) is 3.18. The number of amides is 1. The number of carbonyl (C=O) groups excluding carboxylic acids is 1. The van der Waals surface area contributed by atoms with Gasteiger partial charge in [-0.1, -0.05) is 17.7 Å². The van der Waals surface area contributed by atoms with Crippen LogP contribution in [0.3, 0.4) is 0 Å². The van der Waals surface area contributed by atoms with Crippen LogP contribution in [0, 0.1) is 13.8 Å². The van der Waals surface area contributed by atoms with Gasteiger partial charge in [0, 0.05) is 25.3 Å². The lowest BCUT2D eigenvalue weighted by molar-refractivity contribution is -0.111. The molecule has 0 radical (unpaired) electrons. The van der Waals surface area contributed by atoms with Gasteiger partial charge in [0.25, 0.3) is 0 Å². The minimum absolute atomic E-state index is 0.115. The molecule has 1 fully saturated rings. The van der Waals surface area contributed by atoms with Crippen molar-refractivity contribution >= 4 is 29.3 Å². The Morgan fingerprint density at radius 1 is 1.48 bits per heavy atom. The minimum atomic E-state index is -0.264. The Labute approximate surface area is 164 Å². The molecule has 1 amide bonds. The molecule has 1 N–H and O–H groups in total. The topological polar surface area (TPSA) is 65.4 Å². The zero-order chi connectivity index (χ0) is 19.4. The average molecular weight is 390 g/mol. The Bertz CT molecular complexity index is 854. The van der Waals surface area contributed by atoms with Crippen LogP contribution in [0.2, 0.25) is 5.15 Å². The summed E-state index contributed by atoms with van der Waals surface area (Å²) >= 11 is 6.19. The highest BCUT2D eigenvalue weighted by Crippen LogP contribution is 2.27. The first-order valence-corrected chi connectivity index (χ1v) is 9.35. The summed E-state index contributed by atoms with van der Waals surface area (Å²) in [7, 11) is 1.76. The Morgan fingerprint density at radius 2 is 2.30 bits per heavy atom. The van der Waals surface area contributed by atoms with Crippen LogP contribution in [0.15, 0.2) is 24.3 Å². The zero-order valence-corrected chi connectivity index (χ0v) is 16.5. The Morgan fingerprint density at radius 3 is 2.96 bits per heavy atom. The highest BCUT2D eigenvalue weighted by molar-refractivity contribution is 6.31. The maximum atomic E-state index is 12.4. The number of nitrogens with one attached hydrogen (secondary N) is 1. The molecule has 1 aromatic carbocycles. The van der Waals surface area contributed by atoms with Crippen LogP contribution in [0.4, 0.5) is 5.69 Å². The van der Waals surface area contributed by atoms with E-state index in [1.54, 1.807) is 17.8 Å². The lowest BCUT2D eigenvalue weighted by Crippen LogP contribution is -2.17. The minimum Gasteiger partial charge on any atom is -0.489 e. The van der Waals surface area contributed by atoms with Crippen molar-refractivity contribution in [2.75, 3.05) is 18.5 Å². The molecule has 1 saturated heterocycles. The van der Waals surface area contributed by atoms with Crippen molar-refractivity contribution < 1.29 is 14.3 Å². The molecule has 1 aromatic heterocycles. The second kappa shape index (κ2) is 8.59. The van der Waals surface area contributed by atoms with Crippen molar-refractivity contribution in [2.45, 2.75) is 32.8 Å². The molecule has 1 aliphatic rings. The third-order valence-corrected chi connectivity index (χ3v) is 4.89. The largest absolute Gasteiger partial charge is 0.489 e. The van der Waals surface area contributed by atoms with Crippen LogP contribution in [-0.4, -0.2) is 35.0 Å². The molecule has 0 saturated carbocycles. The number of halogens is 1. The molecule has 7 heteroatoms. The van der Waals surface area contributed by atoms with Crippen LogP contribution in [0.25, 0.3) is 6.08 Å². The van der Waals surface area contributed by atoms with Gasteiger partial charge in [-0.2, -0.15) is 5.10 Å². The number of ether oxygens (including phenoxy) is 2. The van der Waals surface area contributed by atoms with E-state index in [2.05, 4.69) is 10.4 Å². The van der Waals surface area contributed by atoms with Crippen molar-refractivity contribution in [1.29, 1.82) is 0 Å². The summed E-state index contributed by atoms with van der Waals surface area (Å²) in [6, 6.07) is 5.69. The molecular formula is C20H24ClN3O3. The van der Waals surface area contributed by atoms with Gasteiger partial charge in [0.05, 0.1) is 17.5 Å². The first-order chi connectivity index (χ1) is 12.9. The number of aromatic nitrogens is 2. The Kier molecular flexibility index (Phi) is 6.19. The maximum absolute atomic E-state index is 12.4. The molecule has 144 valence electrons. The second-order valence-electron chi connectivity index (χ2n) is 6.68. The number of hydrogen-bond acceptors (Lipinski definition) is 4. The lowest BCUT2D eigenvalue weighted by Gasteiger charge is -2.15. The molecule has 1 aliphatic heterocycles. The normalized spacial score (nSPS) is 16.8. The van der Waals surface area contributed by atoms with Gasteiger partial charge in [-0.05, 0) is 50.5 Å². The third-order valence-electron chi connectivity index (χ3n) is 4.44. The van der Waals surface area contributed by atoms with E-state index >= 15 is 0 Å². The zero-order valence-electron chi connectivity index (χ0n) is 15.8. The van der Waals surface area contributed by atoms with Gasteiger partial charge < -0.3 is 14.8 Å². The van der Waals surface area contributed by atoms with E-state index in [1.807, 2.05) is 32.0 Å². The Balaban J connectivity index is 1.68. The van der Waals surface area contributed by atoms with Gasteiger partial charge in [-0.3, -0.25) is 9.48 Å². The summed E-state index contributed by atoms with van der Waals surface area (Å²) in [5.74, 6) is 0.378. The molecule has 1 atom stereocenters. The van der Waals surface area contributed by atoms with E-state index in [4.69, 9.17) is 21.1 Å². The predicted molar refractivity (Wildman–Crippen MR) is 106 cm³/mol. The first kappa shape index (κ1) is 19.5. The fraction of sp³-hybridized carbons (Fsp3) is 0.400. The molecule has 27 heavy (non-hydrogen) atoms. The van der Waals surface area contributed by atoms with Crippen molar-refractivity contribution in [3.05, 3.63) is 46.2 Å². The molecule has 0 spiro atoms. The fourth-order valence-electron chi connectivity index (χ4n) is 2.98. The molecule has 2 heterocycles. The standard InChI is InChI=1S/C20H24ClN3O3/c1-13-6-8-17(18(11-13)27-12-15-5-4-10-26-15)22-19(25)9-7-16-14(2)23-24(3)20(16)21/h6-9,11,15H,4-5,10,12H2,1-3H3,(H,22,25)/b9-7+. The quantitative estimate of drug-likeness (QED) is 0.761. The van der Waals surface area contributed by atoms with Crippen LogP contribution in [0.5, 0.6) is 5.75 Å². The van der Waals surface area contributed by atoms with Gasteiger partial charge >= 0.3 is 0 Å². The third kappa shape index (κ3) is 4.90. The number of aryl methyl sites for hydroxylation is 3. The van der Waals surface area contributed by atoms with E-state index < -0.39 is 0 Å². The highest BCUT2D eigenvalue weighted by Gasteiger charge is 2.17. The molecule has 3 rings (SSSR count). The van der Waals surface area contributed by atoms with Gasteiger partial charge in [0.1, 0.15) is 17.5 Å². The highest BCUT2D eigenvalue weighted by atomic mass is 35.5. The summed E-state index contributed by atoms with van der Waals surface area (Å²) in [6.45, 7) is 5.09. The summed E-state index contributed by atoms with van der Waals surface area (Å²) in [6.07, 6.45) is 5.29. The number of carbonyl (C=O) groups is 1. The van der Waals surface area contributed by atoms with Crippen molar-refractivity contribution in [2.24, 2.45) is 7.05 Å². The number of benzene rings is 1. The van der Waals surface area contributed by atoms with Gasteiger partial charge in [-0.15, -0.1) is 0 Å². The molecule has 2 aromatic rings. The Hall–Kier alpha value is -2.31. The smallest absolute Gasteiger partial charge is 0.248 e. The van der Waals surface area contributed by atoms with E-state index in [1.165, 1.54) is 6.08 Å². The van der Waals surface area contributed by atoms with E-state index in [0.29, 0.717) is 23.2 Å². The van der Waals surface area contributed by atoms with Gasteiger partial charge in [-0.25, -0.2) is 0 Å². The van der Waals surface area contributed by atoms with Crippen LogP contribution < -0.4 is 10.1 Å². The second-order valence-corrected chi connectivity index (χ2v) is 7.04. The predicted octanol–water partition coefficient (Wildman–Crippen LogP) is 3.90. The van der Waals surface area contributed by atoms with Gasteiger partial charge in [0.2, 0.25) is 5.91 Å². The summed E-state index contributed by atoms with van der Waals surface area (Å²) < 4.78 is 13.1. The molecule has 1 unspecified atom stereocenters. The molecule has 6 nitrogen and oxygen atoms in total. The van der Waals surface area contributed by atoms with Crippen LogP contribution in [-0.2, 0) is 16.6 Å². The number of nitrogens with zero attached hydrogens (tertiary/aromatic N) is 2. The van der Waals surface area contributed by atoms with Crippen molar-refractivity contribution in [3.63, 3.8) is 0 Å². The SMILES string of the molecule is Cc1ccc(NC(=O)/C=C/c2c(C)nn(C)c2Cl)c(OCC2CCCO2)c1. The first-order valence-electron chi connectivity index (χ1n) is 8.97. The van der Waals surface area contributed by atoms with E-state index in [-0.39, 0.29) is 12.0 Å². The fourth-order valence-corrected chi connectivity index (χ4v) is 3.22. The average Bonchev–Trinajstić information content (AvgIpc) is 3.22. The van der Waals surface area contributed by atoms with E-state index in [9.17, 15) is 4.79 Å². The molecular weight excluding hydrogens is 366 g/mol.